The maximum atomic E-state index is 5.91. The number of thioether (sulfide) groups is 1. The van der Waals surface area contributed by atoms with E-state index >= 15 is 0 Å². The molecule has 0 heterocycles. The highest BCUT2D eigenvalue weighted by atomic mass is 79.9. The second-order valence-electron chi connectivity index (χ2n) is 4.18. The molecule has 0 amide bonds. The van der Waals surface area contributed by atoms with Crippen LogP contribution in [0.4, 0.5) is 0 Å². The molecule has 0 saturated heterocycles. The summed E-state index contributed by atoms with van der Waals surface area (Å²) in [6.45, 7) is 2.73. The largest absolute Gasteiger partial charge is 0.329 e. The normalized spacial score (nSPS) is 12.4. The van der Waals surface area contributed by atoms with Crippen LogP contribution in [0.15, 0.2) is 57.9 Å². The fraction of sp³-hybridized carbons (Fsp3) is 0.200. The molecule has 0 bridgehead atoms. The molecule has 2 rings (SSSR count). The molecule has 2 N–H and O–H groups in total. The van der Waals surface area contributed by atoms with E-state index in [1.165, 1.54) is 16.0 Å². The number of halogens is 1. The van der Waals surface area contributed by atoms with Gasteiger partial charge < -0.3 is 5.73 Å². The molecular formula is C15H16BrNS. The number of benzene rings is 2. The third kappa shape index (κ3) is 3.37. The average molecular weight is 322 g/mol. The Morgan fingerprint density at radius 2 is 1.78 bits per heavy atom. The Bertz CT molecular complexity index is 510. The van der Waals surface area contributed by atoms with E-state index in [4.69, 9.17) is 5.73 Å². The van der Waals surface area contributed by atoms with E-state index in [0.717, 1.165) is 4.47 Å². The van der Waals surface area contributed by atoms with Gasteiger partial charge in [0.2, 0.25) is 0 Å². The Morgan fingerprint density at radius 3 is 2.39 bits per heavy atom. The first-order valence-corrected chi connectivity index (χ1v) is 7.56. The van der Waals surface area contributed by atoms with Crippen molar-refractivity contribution in [3.05, 3.63) is 64.1 Å². The lowest BCUT2D eigenvalue weighted by molar-refractivity contribution is 0.936. The molecule has 2 aromatic carbocycles. The van der Waals surface area contributed by atoms with Crippen molar-refractivity contribution in [2.24, 2.45) is 5.73 Å². The van der Waals surface area contributed by atoms with Gasteiger partial charge in [-0.15, -0.1) is 11.8 Å². The number of rotatable bonds is 4. The van der Waals surface area contributed by atoms with Crippen molar-refractivity contribution >= 4 is 27.7 Å². The molecule has 0 fully saturated rings. The van der Waals surface area contributed by atoms with Gasteiger partial charge in [-0.3, -0.25) is 0 Å². The Kier molecular flexibility index (Phi) is 4.87. The first-order chi connectivity index (χ1) is 8.70. The van der Waals surface area contributed by atoms with Crippen molar-refractivity contribution in [3.8, 4) is 0 Å². The minimum atomic E-state index is 0.281. The number of hydrogen-bond acceptors (Lipinski definition) is 2. The molecule has 0 aliphatic carbocycles. The smallest absolute Gasteiger partial charge is 0.0478 e. The number of nitrogens with two attached hydrogens (primary N) is 1. The highest BCUT2D eigenvalue weighted by Gasteiger charge is 2.13. The van der Waals surface area contributed by atoms with E-state index in [1.54, 1.807) is 0 Å². The summed E-state index contributed by atoms with van der Waals surface area (Å²) >= 11 is 5.40. The molecule has 1 nitrogen and oxygen atoms in total. The van der Waals surface area contributed by atoms with Crippen LogP contribution in [-0.4, -0.2) is 6.54 Å². The van der Waals surface area contributed by atoms with Crippen molar-refractivity contribution in [2.45, 2.75) is 17.1 Å². The molecule has 0 aliphatic rings. The molecule has 0 aromatic heterocycles. The van der Waals surface area contributed by atoms with Crippen LogP contribution in [-0.2, 0) is 0 Å². The zero-order valence-electron chi connectivity index (χ0n) is 10.3. The molecule has 1 atom stereocenters. The third-order valence-corrected chi connectivity index (χ3v) is 4.76. The van der Waals surface area contributed by atoms with E-state index in [2.05, 4.69) is 65.3 Å². The van der Waals surface area contributed by atoms with Crippen molar-refractivity contribution in [3.63, 3.8) is 0 Å². The van der Waals surface area contributed by atoms with E-state index in [0.29, 0.717) is 6.54 Å². The summed E-state index contributed by atoms with van der Waals surface area (Å²) in [6, 6.07) is 16.8. The van der Waals surface area contributed by atoms with Gasteiger partial charge >= 0.3 is 0 Å². The first kappa shape index (κ1) is 13.7. The standard InChI is InChI=1S/C15H16BrNS/c1-11-6-8-12(9-7-11)18-15(10-17)13-4-2-3-5-14(13)16/h2-9,15H,10,17H2,1H3. The predicted molar refractivity (Wildman–Crippen MR) is 83.0 cm³/mol. The maximum absolute atomic E-state index is 5.91. The Balaban J connectivity index is 2.20. The molecule has 3 heteroatoms. The quantitative estimate of drug-likeness (QED) is 0.836. The van der Waals surface area contributed by atoms with Gasteiger partial charge in [0, 0.05) is 21.2 Å². The van der Waals surface area contributed by atoms with Crippen LogP contribution in [0.25, 0.3) is 0 Å². The third-order valence-electron chi connectivity index (χ3n) is 2.77. The second-order valence-corrected chi connectivity index (χ2v) is 6.31. The minimum Gasteiger partial charge on any atom is -0.329 e. The Labute approximate surface area is 121 Å². The van der Waals surface area contributed by atoms with E-state index in [1.807, 2.05) is 17.8 Å². The summed E-state index contributed by atoms with van der Waals surface area (Å²) in [4.78, 5) is 1.26. The molecule has 2 aromatic rings. The predicted octanol–water partition coefficient (Wildman–Crippen LogP) is 4.55. The van der Waals surface area contributed by atoms with Crippen molar-refractivity contribution < 1.29 is 0 Å². The molecule has 0 aliphatic heterocycles. The summed E-state index contributed by atoms with van der Waals surface area (Å²) in [5.74, 6) is 0. The molecule has 94 valence electrons. The molecule has 0 saturated carbocycles. The first-order valence-electron chi connectivity index (χ1n) is 5.88. The molecular weight excluding hydrogens is 306 g/mol. The highest BCUT2D eigenvalue weighted by Crippen LogP contribution is 2.37. The van der Waals surface area contributed by atoms with Crippen LogP contribution < -0.4 is 5.73 Å². The van der Waals surface area contributed by atoms with E-state index < -0.39 is 0 Å². The lowest BCUT2D eigenvalue weighted by Gasteiger charge is -2.16. The summed E-state index contributed by atoms with van der Waals surface area (Å²) in [5, 5.41) is 0.281. The van der Waals surface area contributed by atoms with E-state index in [-0.39, 0.29) is 5.25 Å². The molecule has 1 unspecified atom stereocenters. The summed E-state index contributed by atoms with van der Waals surface area (Å²) in [7, 11) is 0. The average Bonchev–Trinajstić information content (AvgIpc) is 2.39. The zero-order valence-corrected chi connectivity index (χ0v) is 12.7. The minimum absolute atomic E-state index is 0.281. The monoisotopic (exact) mass is 321 g/mol. The number of hydrogen-bond donors (Lipinski definition) is 1. The van der Waals surface area contributed by atoms with Gasteiger partial charge in [0.05, 0.1) is 0 Å². The van der Waals surface area contributed by atoms with Crippen LogP contribution >= 0.6 is 27.7 Å². The van der Waals surface area contributed by atoms with Crippen molar-refractivity contribution in [1.29, 1.82) is 0 Å². The zero-order chi connectivity index (χ0) is 13.0. The fourth-order valence-corrected chi connectivity index (χ4v) is 3.52. The van der Waals surface area contributed by atoms with Crippen LogP contribution in [0, 0.1) is 6.92 Å². The van der Waals surface area contributed by atoms with Gasteiger partial charge in [-0.25, -0.2) is 0 Å². The topological polar surface area (TPSA) is 26.0 Å². The van der Waals surface area contributed by atoms with Gasteiger partial charge in [0.25, 0.3) is 0 Å². The fourth-order valence-electron chi connectivity index (χ4n) is 1.76. The number of aryl methyl sites for hydroxylation is 1. The van der Waals surface area contributed by atoms with Gasteiger partial charge in [0.1, 0.15) is 0 Å². The maximum Gasteiger partial charge on any atom is 0.0478 e. The lowest BCUT2D eigenvalue weighted by Crippen LogP contribution is -2.09. The molecule has 0 radical (unpaired) electrons. The van der Waals surface area contributed by atoms with Crippen molar-refractivity contribution in [2.75, 3.05) is 6.54 Å². The Morgan fingerprint density at radius 1 is 1.11 bits per heavy atom. The van der Waals surface area contributed by atoms with Crippen LogP contribution in [0.2, 0.25) is 0 Å². The second kappa shape index (κ2) is 6.41. The highest BCUT2D eigenvalue weighted by molar-refractivity contribution is 9.10. The Hall–Kier alpha value is -0.770. The van der Waals surface area contributed by atoms with Crippen LogP contribution in [0.5, 0.6) is 0 Å². The van der Waals surface area contributed by atoms with Crippen molar-refractivity contribution in [1.82, 2.24) is 0 Å². The summed E-state index contributed by atoms with van der Waals surface area (Å²) in [6.07, 6.45) is 0. The van der Waals surface area contributed by atoms with Gasteiger partial charge in [-0.05, 0) is 30.7 Å². The van der Waals surface area contributed by atoms with Gasteiger partial charge in [-0.1, -0.05) is 51.8 Å². The lowest BCUT2D eigenvalue weighted by atomic mass is 10.1. The van der Waals surface area contributed by atoms with Gasteiger partial charge in [0.15, 0.2) is 0 Å². The van der Waals surface area contributed by atoms with E-state index in [9.17, 15) is 0 Å². The molecule has 18 heavy (non-hydrogen) atoms. The van der Waals surface area contributed by atoms with Crippen LogP contribution in [0.3, 0.4) is 0 Å². The van der Waals surface area contributed by atoms with Gasteiger partial charge in [-0.2, -0.15) is 0 Å². The summed E-state index contributed by atoms with van der Waals surface area (Å²) in [5.41, 5.74) is 8.45. The van der Waals surface area contributed by atoms with Crippen LogP contribution in [0.1, 0.15) is 16.4 Å². The summed E-state index contributed by atoms with van der Waals surface area (Å²) < 4.78 is 1.13. The SMILES string of the molecule is Cc1ccc(SC(CN)c2ccccc2Br)cc1. The molecule has 0 spiro atoms.